The van der Waals surface area contributed by atoms with Gasteiger partial charge in [-0.05, 0) is 19.4 Å². The van der Waals surface area contributed by atoms with Crippen LogP contribution >= 0.6 is 0 Å². The van der Waals surface area contributed by atoms with Crippen molar-refractivity contribution >= 4 is 0 Å². The molecule has 0 aliphatic carbocycles. The molecule has 2 unspecified atom stereocenters. The van der Waals surface area contributed by atoms with Crippen molar-refractivity contribution in [2.24, 2.45) is 0 Å². The number of aliphatic hydroxyl groups is 1. The summed E-state index contributed by atoms with van der Waals surface area (Å²) in [5.41, 5.74) is 0.869. The summed E-state index contributed by atoms with van der Waals surface area (Å²) < 4.78 is 11.2. The highest BCUT2D eigenvalue weighted by molar-refractivity contribution is 5.35. The number of ether oxygens (including phenoxy) is 2. The topological polar surface area (TPSA) is 41.9 Å². The van der Waals surface area contributed by atoms with E-state index in [1.165, 1.54) is 0 Å². The monoisotopic (exact) mass is 279 g/mol. The fourth-order valence-corrected chi connectivity index (χ4v) is 2.58. The van der Waals surface area contributed by atoms with Gasteiger partial charge in [0, 0.05) is 25.2 Å². The van der Waals surface area contributed by atoms with E-state index in [-0.39, 0.29) is 6.10 Å². The van der Waals surface area contributed by atoms with Crippen LogP contribution in [0.25, 0.3) is 0 Å². The normalized spacial score (nSPS) is 21.6. The molecule has 1 aromatic carbocycles. The maximum atomic E-state index is 10.5. The molecule has 2 rings (SSSR count). The molecule has 4 heteroatoms. The fraction of sp³-hybridized carbons (Fsp3) is 0.625. The molecule has 1 N–H and O–H groups in total. The van der Waals surface area contributed by atoms with Crippen LogP contribution in [-0.4, -0.2) is 49.0 Å². The van der Waals surface area contributed by atoms with Crippen LogP contribution in [0.15, 0.2) is 24.3 Å². The summed E-state index contributed by atoms with van der Waals surface area (Å²) in [4.78, 5) is 2.27. The summed E-state index contributed by atoms with van der Waals surface area (Å²) in [5, 5.41) is 10.5. The molecule has 1 aromatic rings. The SMILES string of the molecule is CCOc1ccccc1C(O)CN1CCOC(CC)C1. The minimum Gasteiger partial charge on any atom is -0.493 e. The number of aliphatic hydroxyl groups excluding tert-OH is 1. The highest BCUT2D eigenvalue weighted by atomic mass is 16.5. The van der Waals surface area contributed by atoms with Gasteiger partial charge in [0.25, 0.3) is 0 Å². The van der Waals surface area contributed by atoms with E-state index in [0.717, 1.165) is 37.4 Å². The smallest absolute Gasteiger partial charge is 0.125 e. The predicted octanol–water partition coefficient (Wildman–Crippen LogP) is 2.23. The Labute approximate surface area is 121 Å². The van der Waals surface area contributed by atoms with Crippen LogP contribution in [0, 0.1) is 0 Å². The zero-order valence-corrected chi connectivity index (χ0v) is 12.4. The summed E-state index contributed by atoms with van der Waals surface area (Å²) in [6.45, 7) is 7.85. The number of para-hydroxylation sites is 1. The predicted molar refractivity (Wildman–Crippen MR) is 79.0 cm³/mol. The van der Waals surface area contributed by atoms with Gasteiger partial charge in [0.2, 0.25) is 0 Å². The highest BCUT2D eigenvalue weighted by Gasteiger charge is 2.22. The number of nitrogens with zero attached hydrogens (tertiary/aromatic N) is 1. The Bertz CT molecular complexity index is 410. The lowest BCUT2D eigenvalue weighted by Crippen LogP contribution is -2.43. The van der Waals surface area contributed by atoms with E-state index in [4.69, 9.17) is 9.47 Å². The maximum Gasteiger partial charge on any atom is 0.125 e. The van der Waals surface area contributed by atoms with Crippen molar-refractivity contribution in [2.75, 3.05) is 32.8 Å². The van der Waals surface area contributed by atoms with Crippen LogP contribution in [0.1, 0.15) is 31.9 Å². The second-order valence-electron chi connectivity index (χ2n) is 5.15. The quantitative estimate of drug-likeness (QED) is 0.867. The van der Waals surface area contributed by atoms with E-state index in [9.17, 15) is 5.11 Å². The van der Waals surface area contributed by atoms with Gasteiger partial charge in [-0.15, -0.1) is 0 Å². The Morgan fingerprint density at radius 2 is 2.20 bits per heavy atom. The van der Waals surface area contributed by atoms with E-state index < -0.39 is 6.10 Å². The standard InChI is InChI=1S/C16H25NO3/c1-3-13-11-17(9-10-20-13)12-15(18)14-7-5-6-8-16(14)19-4-2/h5-8,13,15,18H,3-4,9-12H2,1-2H3. The first kappa shape index (κ1) is 15.3. The summed E-state index contributed by atoms with van der Waals surface area (Å²) in [6.07, 6.45) is 0.786. The lowest BCUT2D eigenvalue weighted by Gasteiger charge is -2.33. The van der Waals surface area contributed by atoms with Crippen molar-refractivity contribution < 1.29 is 14.6 Å². The lowest BCUT2D eigenvalue weighted by atomic mass is 10.1. The van der Waals surface area contributed by atoms with Gasteiger partial charge < -0.3 is 14.6 Å². The summed E-state index contributed by atoms with van der Waals surface area (Å²) >= 11 is 0. The molecular formula is C16H25NO3. The molecule has 1 fully saturated rings. The number of morpholine rings is 1. The Morgan fingerprint density at radius 1 is 1.40 bits per heavy atom. The average Bonchev–Trinajstić information content (AvgIpc) is 2.48. The third kappa shape index (κ3) is 3.95. The van der Waals surface area contributed by atoms with Crippen molar-refractivity contribution in [1.29, 1.82) is 0 Å². The minimum absolute atomic E-state index is 0.290. The molecule has 0 saturated carbocycles. The second kappa shape index (κ2) is 7.62. The Balaban J connectivity index is 1.99. The molecule has 0 amide bonds. The molecule has 1 saturated heterocycles. The zero-order chi connectivity index (χ0) is 14.4. The van der Waals surface area contributed by atoms with Crippen molar-refractivity contribution in [3.8, 4) is 5.75 Å². The third-order valence-corrected chi connectivity index (χ3v) is 3.69. The van der Waals surface area contributed by atoms with Gasteiger partial charge in [-0.25, -0.2) is 0 Å². The average molecular weight is 279 g/mol. The molecule has 4 nitrogen and oxygen atoms in total. The second-order valence-corrected chi connectivity index (χ2v) is 5.15. The van der Waals surface area contributed by atoms with E-state index >= 15 is 0 Å². The number of hydrogen-bond acceptors (Lipinski definition) is 4. The number of hydrogen-bond donors (Lipinski definition) is 1. The van der Waals surface area contributed by atoms with Crippen LogP contribution in [0.5, 0.6) is 5.75 Å². The van der Waals surface area contributed by atoms with E-state index in [1.54, 1.807) is 0 Å². The number of rotatable bonds is 6. The molecule has 0 spiro atoms. The van der Waals surface area contributed by atoms with Crippen molar-refractivity contribution in [3.63, 3.8) is 0 Å². The van der Waals surface area contributed by atoms with E-state index in [0.29, 0.717) is 13.2 Å². The molecule has 20 heavy (non-hydrogen) atoms. The first-order chi connectivity index (χ1) is 9.74. The largest absolute Gasteiger partial charge is 0.493 e. The van der Waals surface area contributed by atoms with Gasteiger partial charge in [0.15, 0.2) is 0 Å². The fourth-order valence-electron chi connectivity index (χ4n) is 2.58. The van der Waals surface area contributed by atoms with Crippen molar-refractivity contribution in [3.05, 3.63) is 29.8 Å². The van der Waals surface area contributed by atoms with Crippen LogP contribution < -0.4 is 4.74 Å². The third-order valence-electron chi connectivity index (χ3n) is 3.69. The molecular weight excluding hydrogens is 254 g/mol. The molecule has 1 heterocycles. The van der Waals surface area contributed by atoms with Gasteiger partial charge in [-0.1, -0.05) is 25.1 Å². The molecule has 1 aliphatic heterocycles. The summed E-state index contributed by atoms with van der Waals surface area (Å²) in [6, 6.07) is 7.72. The molecule has 1 aliphatic rings. The number of β-amino-alcohol motifs (C(OH)–C–C–N with tert-alkyl or cyclic N) is 1. The first-order valence-electron chi connectivity index (χ1n) is 7.48. The highest BCUT2D eigenvalue weighted by Crippen LogP contribution is 2.26. The van der Waals surface area contributed by atoms with Crippen LogP contribution in [0.3, 0.4) is 0 Å². The van der Waals surface area contributed by atoms with Gasteiger partial charge in [0.1, 0.15) is 5.75 Å². The number of benzene rings is 1. The van der Waals surface area contributed by atoms with Crippen LogP contribution in [-0.2, 0) is 4.74 Å². The zero-order valence-electron chi connectivity index (χ0n) is 12.4. The maximum absolute atomic E-state index is 10.5. The van der Waals surface area contributed by atoms with Gasteiger partial charge >= 0.3 is 0 Å². The summed E-state index contributed by atoms with van der Waals surface area (Å²) in [7, 11) is 0. The lowest BCUT2D eigenvalue weighted by molar-refractivity contribution is -0.0419. The van der Waals surface area contributed by atoms with Crippen molar-refractivity contribution in [2.45, 2.75) is 32.5 Å². The minimum atomic E-state index is -0.520. The Hall–Kier alpha value is -1.10. The van der Waals surface area contributed by atoms with Crippen molar-refractivity contribution in [1.82, 2.24) is 4.90 Å². The van der Waals surface area contributed by atoms with E-state index in [1.807, 2.05) is 31.2 Å². The van der Waals surface area contributed by atoms with Gasteiger partial charge in [-0.3, -0.25) is 4.90 Å². The summed E-state index contributed by atoms with van der Waals surface area (Å²) in [5.74, 6) is 0.780. The van der Waals surface area contributed by atoms with Crippen LogP contribution in [0.4, 0.5) is 0 Å². The molecule has 0 aromatic heterocycles. The van der Waals surface area contributed by atoms with E-state index in [2.05, 4.69) is 11.8 Å². The first-order valence-corrected chi connectivity index (χ1v) is 7.48. The Morgan fingerprint density at radius 3 is 2.95 bits per heavy atom. The molecule has 2 atom stereocenters. The van der Waals surface area contributed by atoms with Crippen LogP contribution in [0.2, 0.25) is 0 Å². The molecule has 0 radical (unpaired) electrons. The van der Waals surface area contributed by atoms with Gasteiger partial charge in [0.05, 0.1) is 25.4 Å². The molecule has 0 bridgehead atoms. The molecule has 112 valence electrons. The van der Waals surface area contributed by atoms with Gasteiger partial charge in [-0.2, -0.15) is 0 Å². The Kier molecular flexibility index (Phi) is 5.83.